The van der Waals surface area contributed by atoms with Gasteiger partial charge < -0.3 is 4.74 Å². The van der Waals surface area contributed by atoms with Crippen molar-refractivity contribution in [1.29, 1.82) is 0 Å². The zero-order valence-electron chi connectivity index (χ0n) is 20.3. The first-order valence-corrected chi connectivity index (χ1v) is 12.0. The molecule has 0 spiro atoms. The van der Waals surface area contributed by atoms with Gasteiger partial charge in [-0.15, -0.1) is 0 Å². The Hall–Kier alpha value is -3.81. The minimum atomic E-state index is -3.58. The Labute approximate surface area is 215 Å². The summed E-state index contributed by atoms with van der Waals surface area (Å²) in [6.07, 6.45) is -3.02. The van der Waals surface area contributed by atoms with Gasteiger partial charge in [-0.25, -0.2) is 22.0 Å². The van der Waals surface area contributed by atoms with Gasteiger partial charge in [-0.3, -0.25) is 0 Å². The van der Waals surface area contributed by atoms with E-state index in [1.54, 1.807) is 6.07 Å². The van der Waals surface area contributed by atoms with E-state index in [-0.39, 0.29) is 28.9 Å². The Balaban J connectivity index is 1.45. The van der Waals surface area contributed by atoms with Crippen molar-refractivity contribution in [3.63, 3.8) is 0 Å². The van der Waals surface area contributed by atoms with Gasteiger partial charge in [0.2, 0.25) is 0 Å². The third kappa shape index (κ3) is 6.36. The summed E-state index contributed by atoms with van der Waals surface area (Å²) in [5, 5.41) is 0. The lowest BCUT2D eigenvalue weighted by molar-refractivity contribution is -0.180. The number of rotatable bonds is 9. The minimum absolute atomic E-state index is 0.103. The molecule has 4 aromatic rings. The highest BCUT2D eigenvalue weighted by atomic mass is 19.3. The maximum atomic E-state index is 14.7. The van der Waals surface area contributed by atoms with Crippen LogP contribution in [-0.4, -0.2) is 6.11 Å². The number of benzene rings is 4. The van der Waals surface area contributed by atoms with Crippen molar-refractivity contribution in [2.24, 2.45) is 0 Å². The molecule has 0 unspecified atom stereocenters. The molecule has 0 aliphatic heterocycles. The smallest absolute Gasteiger partial charge is 0.398 e. The van der Waals surface area contributed by atoms with Crippen molar-refractivity contribution in [2.75, 3.05) is 0 Å². The van der Waals surface area contributed by atoms with E-state index in [0.29, 0.717) is 18.1 Å². The van der Waals surface area contributed by atoms with Crippen molar-refractivity contribution < 1.29 is 35.5 Å². The van der Waals surface area contributed by atoms with Crippen LogP contribution < -0.4 is 4.74 Å². The normalized spacial score (nSPS) is 11.6. The molecule has 0 N–H and O–H groups in total. The second-order valence-electron chi connectivity index (χ2n) is 8.88. The maximum Gasteiger partial charge on any atom is 0.398 e. The number of aryl methyl sites for hydroxylation is 2. The summed E-state index contributed by atoms with van der Waals surface area (Å²) in [5.41, 5.74) is 0.683. The van der Waals surface area contributed by atoms with Gasteiger partial charge in [0.15, 0.2) is 11.6 Å². The topological polar surface area (TPSA) is 9.23 Å². The van der Waals surface area contributed by atoms with Crippen LogP contribution >= 0.6 is 0 Å². The van der Waals surface area contributed by atoms with Gasteiger partial charge in [0, 0.05) is 0 Å². The average molecular weight is 532 g/mol. The van der Waals surface area contributed by atoms with Crippen LogP contribution in [0, 0.1) is 29.1 Å². The Morgan fingerprint density at radius 1 is 0.605 bits per heavy atom. The van der Waals surface area contributed by atoms with Crippen LogP contribution in [0.3, 0.4) is 0 Å². The molecule has 198 valence electrons. The predicted molar refractivity (Wildman–Crippen MR) is 131 cm³/mol. The molecule has 0 aromatic heterocycles. The largest absolute Gasteiger partial charge is 0.433 e. The summed E-state index contributed by atoms with van der Waals surface area (Å²) < 4.78 is 104. The van der Waals surface area contributed by atoms with Gasteiger partial charge in [0.05, 0.1) is 12.0 Å². The Kier molecular flexibility index (Phi) is 8.09. The zero-order valence-corrected chi connectivity index (χ0v) is 20.3. The predicted octanol–water partition coefficient (Wildman–Crippen LogP) is 9.27. The minimum Gasteiger partial charge on any atom is -0.433 e. The molecule has 0 saturated heterocycles. The van der Waals surface area contributed by atoms with E-state index < -0.39 is 47.2 Å². The second kappa shape index (κ2) is 11.3. The molecular weight excluding hydrogens is 509 g/mol. The van der Waals surface area contributed by atoms with E-state index >= 15 is 0 Å². The molecule has 0 radical (unpaired) electrons. The van der Waals surface area contributed by atoms with Crippen LogP contribution in [0.1, 0.15) is 30.9 Å². The third-order valence-electron chi connectivity index (χ3n) is 6.05. The summed E-state index contributed by atoms with van der Waals surface area (Å²) in [6.45, 7) is 1.96. The lowest BCUT2D eigenvalue weighted by atomic mass is 9.98. The molecule has 1 nitrogen and oxygen atoms in total. The molecule has 0 bridgehead atoms. The summed E-state index contributed by atoms with van der Waals surface area (Å²) in [5.74, 6) is -5.12. The van der Waals surface area contributed by atoms with Crippen LogP contribution in [0.4, 0.5) is 30.7 Å². The third-order valence-corrected chi connectivity index (χ3v) is 6.05. The molecule has 0 saturated carbocycles. The van der Waals surface area contributed by atoms with Crippen molar-refractivity contribution in [3.05, 3.63) is 113 Å². The number of ether oxygens (including phenoxy) is 1. The first-order chi connectivity index (χ1) is 18.1. The number of hydrogen-bond donors (Lipinski definition) is 0. The molecular formula is C30H23F7O. The van der Waals surface area contributed by atoms with Gasteiger partial charge in [-0.2, -0.15) is 8.78 Å². The van der Waals surface area contributed by atoms with Gasteiger partial charge in [0.25, 0.3) is 0 Å². The van der Waals surface area contributed by atoms with Crippen molar-refractivity contribution in [1.82, 2.24) is 0 Å². The van der Waals surface area contributed by atoms with Gasteiger partial charge >= 0.3 is 6.11 Å². The molecule has 0 heterocycles. The van der Waals surface area contributed by atoms with Crippen LogP contribution in [0.5, 0.6) is 5.75 Å². The van der Waals surface area contributed by atoms with Crippen molar-refractivity contribution in [3.8, 4) is 28.0 Å². The second-order valence-corrected chi connectivity index (χ2v) is 8.88. The van der Waals surface area contributed by atoms with Crippen LogP contribution in [-0.2, 0) is 12.8 Å². The highest BCUT2D eigenvalue weighted by molar-refractivity contribution is 5.72. The fourth-order valence-electron chi connectivity index (χ4n) is 4.12. The van der Waals surface area contributed by atoms with Crippen LogP contribution in [0.2, 0.25) is 0 Å². The summed E-state index contributed by atoms with van der Waals surface area (Å²) in [4.78, 5) is 0. The highest BCUT2D eigenvalue weighted by Crippen LogP contribution is 2.33. The molecule has 0 aliphatic rings. The van der Waals surface area contributed by atoms with E-state index in [1.807, 2.05) is 6.92 Å². The molecule has 38 heavy (non-hydrogen) atoms. The summed E-state index contributed by atoms with van der Waals surface area (Å²) in [7, 11) is 0. The molecule has 0 aliphatic carbocycles. The highest BCUT2D eigenvalue weighted by Gasteiger charge is 2.31. The van der Waals surface area contributed by atoms with Crippen molar-refractivity contribution in [2.45, 2.75) is 38.7 Å². The van der Waals surface area contributed by atoms with Crippen molar-refractivity contribution >= 4 is 0 Å². The van der Waals surface area contributed by atoms with Gasteiger partial charge in [-0.1, -0.05) is 43.7 Å². The monoisotopic (exact) mass is 532 g/mol. The van der Waals surface area contributed by atoms with Crippen LogP contribution in [0.25, 0.3) is 22.3 Å². The molecule has 0 amide bonds. The van der Waals surface area contributed by atoms with E-state index in [9.17, 15) is 30.7 Å². The molecule has 8 heteroatoms. The maximum absolute atomic E-state index is 14.7. The lowest BCUT2D eigenvalue weighted by Gasteiger charge is -2.18. The summed E-state index contributed by atoms with van der Waals surface area (Å²) in [6, 6.07) is 14.3. The molecule has 0 fully saturated rings. The summed E-state index contributed by atoms with van der Waals surface area (Å²) >= 11 is 0. The average Bonchev–Trinajstić information content (AvgIpc) is 2.85. The fraction of sp³-hybridized carbons (Fsp3) is 0.200. The lowest BCUT2D eigenvalue weighted by Crippen LogP contribution is -2.25. The van der Waals surface area contributed by atoms with Gasteiger partial charge in [0.1, 0.15) is 23.2 Å². The van der Waals surface area contributed by atoms with Gasteiger partial charge in [-0.05, 0) is 83.1 Å². The number of hydrogen-bond acceptors (Lipinski definition) is 1. The number of halogens is 7. The fourth-order valence-corrected chi connectivity index (χ4v) is 4.12. The number of alkyl halides is 2. The zero-order chi connectivity index (χ0) is 27.4. The van der Waals surface area contributed by atoms with E-state index in [2.05, 4.69) is 0 Å². The first kappa shape index (κ1) is 27.2. The Morgan fingerprint density at radius 3 is 1.84 bits per heavy atom. The first-order valence-electron chi connectivity index (χ1n) is 12.0. The Morgan fingerprint density at radius 2 is 1.24 bits per heavy atom. The quantitative estimate of drug-likeness (QED) is 0.195. The molecule has 4 aromatic carbocycles. The standard InChI is InChI=1S/C30H23F7O/c1-2-3-18-4-5-20(25(32)14-18)12-13-30(36,37)38-23-9-6-19(7-10-23)22-16-27(34)29(28(35)17-22)21-8-11-24(31)26(33)15-21/h4-11,14-17H,2-3,12-13H2,1H3. The molecule has 4 rings (SSSR count). The Bertz CT molecular complexity index is 1410. The SMILES string of the molecule is CCCc1ccc(CCC(F)(F)Oc2ccc(-c3cc(F)c(-c4ccc(F)c(F)c4)c(F)c3)cc2)c(F)c1. The van der Waals surface area contributed by atoms with E-state index in [1.165, 1.54) is 36.4 Å². The van der Waals surface area contributed by atoms with Crippen LogP contribution in [0.15, 0.2) is 72.8 Å². The van der Waals surface area contributed by atoms with E-state index in [4.69, 9.17) is 4.74 Å². The van der Waals surface area contributed by atoms with E-state index in [0.717, 1.165) is 36.2 Å². The molecule has 0 atom stereocenters.